The second-order valence-corrected chi connectivity index (χ2v) is 6.31. The maximum Gasteiger partial charge on any atom is 0.237 e. The molecule has 0 unspecified atom stereocenters. The number of carbonyl (C=O) groups is 1. The second-order valence-electron chi connectivity index (χ2n) is 5.02. The SMILES string of the molecule is CCCC(CCC)(C(=O)Nc1ccc(Cl)cc1Cl)C(N)=S. The monoisotopic (exact) mass is 346 g/mol. The summed E-state index contributed by atoms with van der Waals surface area (Å²) in [4.78, 5) is 13.0. The number of hydrogen-bond donors (Lipinski definition) is 2. The van der Waals surface area contributed by atoms with Crippen molar-refractivity contribution in [3.8, 4) is 0 Å². The van der Waals surface area contributed by atoms with Crippen molar-refractivity contribution in [1.29, 1.82) is 0 Å². The van der Waals surface area contributed by atoms with E-state index in [1.807, 2.05) is 13.8 Å². The van der Waals surface area contributed by atoms with E-state index in [9.17, 15) is 4.79 Å². The van der Waals surface area contributed by atoms with Crippen molar-refractivity contribution in [2.24, 2.45) is 11.1 Å². The lowest BCUT2D eigenvalue weighted by Crippen LogP contribution is -2.46. The van der Waals surface area contributed by atoms with Gasteiger partial charge in [0.25, 0.3) is 0 Å². The Labute approximate surface area is 141 Å². The highest BCUT2D eigenvalue weighted by Gasteiger charge is 2.40. The number of nitrogens with two attached hydrogens (primary N) is 1. The molecule has 0 spiro atoms. The molecule has 1 amide bonds. The highest BCUT2D eigenvalue weighted by atomic mass is 35.5. The minimum atomic E-state index is -0.832. The number of hydrogen-bond acceptors (Lipinski definition) is 2. The zero-order valence-electron chi connectivity index (χ0n) is 12.2. The molecule has 0 heterocycles. The molecule has 3 N–H and O–H groups in total. The van der Waals surface area contributed by atoms with Gasteiger partial charge in [-0.05, 0) is 31.0 Å². The smallest absolute Gasteiger partial charge is 0.237 e. The molecule has 0 atom stereocenters. The number of rotatable bonds is 7. The average Bonchev–Trinajstić information content (AvgIpc) is 2.41. The Kier molecular flexibility index (Phi) is 6.91. The Bertz CT molecular complexity index is 528. The summed E-state index contributed by atoms with van der Waals surface area (Å²) in [6.07, 6.45) is 2.87. The van der Waals surface area contributed by atoms with E-state index in [1.54, 1.807) is 18.2 Å². The number of halogens is 2. The predicted octanol–water partition coefficient (Wildman–Crippen LogP) is 4.80. The van der Waals surface area contributed by atoms with Crippen LogP contribution < -0.4 is 11.1 Å². The second kappa shape index (κ2) is 7.97. The van der Waals surface area contributed by atoms with Crippen molar-refractivity contribution in [1.82, 2.24) is 0 Å². The van der Waals surface area contributed by atoms with Crippen LogP contribution in [0.2, 0.25) is 10.0 Å². The van der Waals surface area contributed by atoms with Crippen LogP contribution in [-0.2, 0) is 4.79 Å². The van der Waals surface area contributed by atoms with E-state index in [-0.39, 0.29) is 10.9 Å². The van der Waals surface area contributed by atoms with Gasteiger partial charge in [0.05, 0.1) is 21.1 Å². The third kappa shape index (κ3) is 4.31. The molecule has 0 aromatic heterocycles. The van der Waals surface area contributed by atoms with Gasteiger partial charge in [-0.25, -0.2) is 0 Å². The molecule has 21 heavy (non-hydrogen) atoms. The fourth-order valence-electron chi connectivity index (χ4n) is 2.40. The van der Waals surface area contributed by atoms with Crippen molar-refractivity contribution in [3.63, 3.8) is 0 Å². The summed E-state index contributed by atoms with van der Waals surface area (Å²) in [6, 6.07) is 4.93. The molecule has 1 rings (SSSR count). The van der Waals surface area contributed by atoms with Crippen LogP contribution in [0.1, 0.15) is 39.5 Å². The summed E-state index contributed by atoms with van der Waals surface area (Å²) in [5.74, 6) is -0.206. The van der Waals surface area contributed by atoms with Crippen molar-refractivity contribution < 1.29 is 4.79 Å². The molecule has 1 aromatic rings. The molecule has 116 valence electrons. The van der Waals surface area contributed by atoms with Crippen LogP contribution in [0.15, 0.2) is 18.2 Å². The van der Waals surface area contributed by atoms with E-state index in [4.69, 9.17) is 41.2 Å². The molecule has 0 aliphatic heterocycles. The standard InChI is InChI=1S/C15H20Cl2N2OS/c1-3-7-15(8-4-2,13(18)21)14(20)19-12-6-5-10(16)9-11(12)17/h5-6,9H,3-4,7-8H2,1-2H3,(H2,18,21)(H,19,20). The van der Waals surface area contributed by atoms with Crippen LogP contribution >= 0.6 is 35.4 Å². The van der Waals surface area contributed by atoms with Crippen LogP contribution in [0.25, 0.3) is 0 Å². The molecule has 1 aromatic carbocycles. The largest absolute Gasteiger partial charge is 0.392 e. The molecule has 3 nitrogen and oxygen atoms in total. The molecule has 0 aliphatic carbocycles. The van der Waals surface area contributed by atoms with Gasteiger partial charge in [-0.15, -0.1) is 0 Å². The van der Waals surface area contributed by atoms with Crippen LogP contribution in [0.5, 0.6) is 0 Å². The van der Waals surface area contributed by atoms with Crippen LogP contribution in [0, 0.1) is 5.41 Å². The Morgan fingerprint density at radius 3 is 2.29 bits per heavy atom. The van der Waals surface area contributed by atoms with Gasteiger partial charge < -0.3 is 11.1 Å². The highest BCUT2D eigenvalue weighted by molar-refractivity contribution is 7.80. The summed E-state index contributed by atoms with van der Waals surface area (Å²) < 4.78 is 0. The van der Waals surface area contributed by atoms with Gasteiger partial charge >= 0.3 is 0 Å². The summed E-state index contributed by atoms with van der Waals surface area (Å²) in [5.41, 5.74) is 5.56. The topological polar surface area (TPSA) is 55.1 Å². The highest BCUT2D eigenvalue weighted by Crippen LogP contribution is 2.34. The van der Waals surface area contributed by atoms with E-state index in [2.05, 4.69) is 5.32 Å². The van der Waals surface area contributed by atoms with E-state index >= 15 is 0 Å². The zero-order chi connectivity index (χ0) is 16.0. The summed E-state index contributed by atoms with van der Waals surface area (Å²) in [6.45, 7) is 4.01. The molecule has 0 saturated carbocycles. The van der Waals surface area contributed by atoms with Gasteiger partial charge in [0.1, 0.15) is 0 Å². The predicted molar refractivity (Wildman–Crippen MR) is 94.1 cm³/mol. The van der Waals surface area contributed by atoms with Crippen molar-refractivity contribution >= 4 is 52.0 Å². The Morgan fingerprint density at radius 1 is 1.29 bits per heavy atom. The summed E-state index contributed by atoms with van der Waals surface area (Å²) in [7, 11) is 0. The van der Waals surface area contributed by atoms with Crippen molar-refractivity contribution in [2.75, 3.05) is 5.32 Å². The Balaban J connectivity index is 3.08. The number of nitrogens with one attached hydrogen (secondary N) is 1. The average molecular weight is 347 g/mol. The van der Waals surface area contributed by atoms with E-state index in [1.165, 1.54) is 0 Å². The van der Waals surface area contributed by atoms with E-state index in [0.717, 1.165) is 12.8 Å². The van der Waals surface area contributed by atoms with Gasteiger partial charge in [0.2, 0.25) is 5.91 Å². The maximum atomic E-state index is 12.7. The molecular weight excluding hydrogens is 327 g/mol. The van der Waals surface area contributed by atoms with Gasteiger partial charge in [0.15, 0.2) is 0 Å². The maximum absolute atomic E-state index is 12.7. The molecule has 0 saturated heterocycles. The number of carbonyl (C=O) groups excluding carboxylic acids is 1. The lowest BCUT2D eigenvalue weighted by molar-refractivity contribution is -0.122. The minimum absolute atomic E-state index is 0.206. The summed E-state index contributed by atoms with van der Waals surface area (Å²) in [5, 5.41) is 3.74. The summed E-state index contributed by atoms with van der Waals surface area (Å²) >= 11 is 17.1. The van der Waals surface area contributed by atoms with Gasteiger partial charge in [-0.2, -0.15) is 0 Å². The number of amides is 1. The third-order valence-corrected chi connectivity index (χ3v) is 4.38. The molecular formula is C15H20Cl2N2OS. The number of thiocarbonyl (C=S) groups is 1. The Hall–Kier alpha value is -0.840. The van der Waals surface area contributed by atoms with Crippen molar-refractivity contribution in [2.45, 2.75) is 39.5 Å². The first-order valence-electron chi connectivity index (χ1n) is 6.93. The van der Waals surface area contributed by atoms with E-state index in [0.29, 0.717) is 28.6 Å². The van der Waals surface area contributed by atoms with Gasteiger partial charge in [-0.1, -0.05) is 62.1 Å². The van der Waals surface area contributed by atoms with Crippen LogP contribution in [0.3, 0.4) is 0 Å². The molecule has 0 aliphatic rings. The first-order valence-corrected chi connectivity index (χ1v) is 8.10. The zero-order valence-corrected chi connectivity index (χ0v) is 14.5. The normalized spacial score (nSPS) is 11.2. The lowest BCUT2D eigenvalue weighted by Gasteiger charge is -2.31. The molecule has 0 radical (unpaired) electrons. The van der Waals surface area contributed by atoms with Crippen molar-refractivity contribution in [3.05, 3.63) is 28.2 Å². The quantitative estimate of drug-likeness (QED) is 0.696. The lowest BCUT2D eigenvalue weighted by atomic mass is 9.78. The first kappa shape index (κ1) is 18.2. The van der Waals surface area contributed by atoms with Gasteiger partial charge in [0, 0.05) is 5.02 Å². The van der Waals surface area contributed by atoms with Gasteiger partial charge in [-0.3, -0.25) is 4.79 Å². The fraction of sp³-hybridized carbons (Fsp3) is 0.467. The Morgan fingerprint density at radius 2 is 1.86 bits per heavy atom. The van der Waals surface area contributed by atoms with Crippen LogP contribution in [0.4, 0.5) is 5.69 Å². The number of anilines is 1. The van der Waals surface area contributed by atoms with Crippen LogP contribution in [-0.4, -0.2) is 10.9 Å². The first-order chi connectivity index (χ1) is 9.87. The minimum Gasteiger partial charge on any atom is -0.392 e. The molecule has 6 heteroatoms. The fourth-order valence-corrected chi connectivity index (χ4v) is 3.15. The number of benzene rings is 1. The third-order valence-electron chi connectivity index (χ3n) is 3.44. The molecule has 0 fully saturated rings. The van der Waals surface area contributed by atoms with E-state index < -0.39 is 5.41 Å². The molecule has 0 bridgehead atoms.